The van der Waals surface area contributed by atoms with Gasteiger partial charge in [-0.2, -0.15) is 0 Å². The molecule has 0 aliphatic heterocycles. The molecule has 128 valence electrons. The van der Waals surface area contributed by atoms with Crippen molar-refractivity contribution in [1.29, 1.82) is 0 Å². The third-order valence-electron chi connectivity index (χ3n) is 3.66. The fourth-order valence-corrected chi connectivity index (χ4v) is 2.26. The summed E-state index contributed by atoms with van der Waals surface area (Å²) in [6.45, 7) is 3.74. The first kappa shape index (κ1) is 17.9. The van der Waals surface area contributed by atoms with Crippen LogP contribution in [0.3, 0.4) is 0 Å². The van der Waals surface area contributed by atoms with Crippen LogP contribution in [0.4, 0.5) is 5.69 Å². The highest BCUT2D eigenvalue weighted by atomic mass is 16.5. The highest BCUT2D eigenvalue weighted by Crippen LogP contribution is 2.16. The molecule has 0 bridgehead atoms. The van der Waals surface area contributed by atoms with Crippen molar-refractivity contribution in [2.75, 3.05) is 18.4 Å². The number of carbonyl (C=O) groups is 1. The minimum atomic E-state index is 0.0236. The zero-order valence-corrected chi connectivity index (χ0v) is 14.3. The number of carbonyl (C=O) groups excluding carboxylic acids is 1. The predicted molar refractivity (Wildman–Crippen MR) is 98.2 cm³/mol. The van der Waals surface area contributed by atoms with Crippen LogP contribution in [0, 0.1) is 0 Å². The van der Waals surface area contributed by atoms with Crippen molar-refractivity contribution in [1.82, 2.24) is 5.32 Å². The van der Waals surface area contributed by atoms with E-state index in [9.17, 15) is 4.79 Å². The SMILES string of the molecule is CCCCCNC(=O)CNc1ccc(OCc2ccccc2)cc1. The highest BCUT2D eigenvalue weighted by molar-refractivity contribution is 5.80. The molecule has 2 aromatic rings. The molecule has 0 unspecified atom stereocenters. The second-order valence-electron chi connectivity index (χ2n) is 5.71. The van der Waals surface area contributed by atoms with E-state index in [1.807, 2.05) is 54.6 Å². The lowest BCUT2D eigenvalue weighted by molar-refractivity contribution is -0.119. The summed E-state index contributed by atoms with van der Waals surface area (Å²) < 4.78 is 5.74. The molecule has 1 amide bonds. The number of hydrogen-bond donors (Lipinski definition) is 2. The van der Waals surface area contributed by atoms with Gasteiger partial charge in [-0.05, 0) is 36.2 Å². The van der Waals surface area contributed by atoms with Crippen molar-refractivity contribution in [2.45, 2.75) is 32.8 Å². The topological polar surface area (TPSA) is 50.4 Å². The standard InChI is InChI=1S/C20H26N2O2/c1-2-3-7-14-21-20(23)15-22-18-10-12-19(13-11-18)24-16-17-8-5-4-6-9-17/h4-6,8-13,22H,2-3,7,14-16H2,1H3,(H,21,23). The lowest BCUT2D eigenvalue weighted by Crippen LogP contribution is -2.30. The molecule has 0 fully saturated rings. The molecule has 0 radical (unpaired) electrons. The van der Waals surface area contributed by atoms with Crippen molar-refractivity contribution in [3.05, 3.63) is 60.2 Å². The summed E-state index contributed by atoms with van der Waals surface area (Å²) in [6, 6.07) is 17.7. The Bertz CT molecular complexity index is 597. The van der Waals surface area contributed by atoms with Crippen LogP contribution in [0.1, 0.15) is 31.7 Å². The Morgan fingerprint density at radius 1 is 1.00 bits per heavy atom. The molecule has 2 rings (SSSR count). The van der Waals surface area contributed by atoms with E-state index in [4.69, 9.17) is 4.74 Å². The molecule has 0 aromatic heterocycles. The van der Waals surface area contributed by atoms with Crippen LogP contribution in [-0.2, 0) is 11.4 Å². The Balaban J connectivity index is 1.69. The normalized spacial score (nSPS) is 10.2. The van der Waals surface area contributed by atoms with Gasteiger partial charge in [0.25, 0.3) is 0 Å². The summed E-state index contributed by atoms with van der Waals surface area (Å²) in [6.07, 6.45) is 3.35. The van der Waals surface area contributed by atoms with Gasteiger partial charge in [-0.15, -0.1) is 0 Å². The number of unbranched alkanes of at least 4 members (excludes halogenated alkanes) is 2. The van der Waals surface area contributed by atoms with Gasteiger partial charge in [-0.1, -0.05) is 50.1 Å². The third-order valence-corrected chi connectivity index (χ3v) is 3.66. The monoisotopic (exact) mass is 326 g/mol. The Hall–Kier alpha value is -2.49. The number of benzene rings is 2. The minimum absolute atomic E-state index is 0.0236. The van der Waals surface area contributed by atoms with E-state index in [-0.39, 0.29) is 12.5 Å². The van der Waals surface area contributed by atoms with Gasteiger partial charge < -0.3 is 15.4 Å². The second kappa shape index (κ2) is 10.3. The third kappa shape index (κ3) is 6.73. The highest BCUT2D eigenvalue weighted by Gasteiger charge is 2.01. The lowest BCUT2D eigenvalue weighted by atomic mass is 10.2. The number of ether oxygens (including phenoxy) is 1. The van der Waals surface area contributed by atoms with E-state index < -0.39 is 0 Å². The Kier molecular flexibility index (Phi) is 7.68. The molecule has 4 nitrogen and oxygen atoms in total. The Morgan fingerprint density at radius 2 is 1.75 bits per heavy atom. The van der Waals surface area contributed by atoms with Crippen LogP contribution in [0.25, 0.3) is 0 Å². The Labute approximate surface area is 144 Å². The number of hydrogen-bond acceptors (Lipinski definition) is 3. The van der Waals surface area contributed by atoms with Crippen LogP contribution in [0.2, 0.25) is 0 Å². The number of rotatable bonds is 10. The average Bonchev–Trinajstić information content (AvgIpc) is 2.63. The molecule has 2 N–H and O–H groups in total. The summed E-state index contributed by atoms with van der Waals surface area (Å²) in [7, 11) is 0. The van der Waals surface area contributed by atoms with Gasteiger partial charge in [0.1, 0.15) is 12.4 Å². The van der Waals surface area contributed by atoms with E-state index in [0.717, 1.165) is 42.8 Å². The fourth-order valence-electron chi connectivity index (χ4n) is 2.26. The van der Waals surface area contributed by atoms with E-state index in [0.29, 0.717) is 6.61 Å². The van der Waals surface area contributed by atoms with Crippen LogP contribution in [0.5, 0.6) is 5.75 Å². The van der Waals surface area contributed by atoms with E-state index in [1.54, 1.807) is 0 Å². The summed E-state index contributed by atoms with van der Waals surface area (Å²) in [5.41, 5.74) is 2.05. The molecule has 24 heavy (non-hydrogen) atoms. The Morgan fingerprint density at radius 3 is 2.46 bits per heavy atom. The lowest BCUT2D eigenvalue weighted by Gasteiger charge is -2.09. The van der Waals surface area contributed by atoms with Gasteiger partial charge in [0.05, 0.1) is 6.54 Å². The molecular weight excluding hydrogens is 300 g/mol. The predicted octanol–water partition coefficient (Wildman–Crippen LogP) is 3.98. The molecule has 0 atom stereocenters. The molecular formula is C20H26N2O2. The zero-order chi connectivity index (χ0) is 17.0. The fraction of sp³-hybridized carbons (Fsp3) is 0.350. The summed E-state index contributed by atoms with van der Waals surface area (Å²) in [4.78, 5) is 11.7. The molecule has 2 aromatic carbocycles. The molecule has 0 aliphatic carbocycles. The molecule has 0 saturated carbocycles. The summed E-state index contributed by atoms with van der Waals surface area (Å²) in [5, 5.41) is 6.03. The van der Waals surface area contributed by atoms with Crippen molar-refractivity contribution in [3.8, 4) is 5.75 Å². The number of nitrogens with one attached hydrogen (secondary N) is 2. The van der Waals surface area contributed by atoms with Gasteiger partial charge in [-0.25, -0.2) is 0 Å². The maximum absolute atomic E-state index is 11.7. The van der Waals surface area contributed by atoms with Crippen molar-refractivity contribution < 1.29 is 9.53 Å². The maximum atomic E-state index is 11.7. The van der Waals surface area contributed by atoms with E-state index in [1.165, 1.54) is 0 Å². The first-order valence-electron chi connectivity index (χ1n) is 8.55. The van der Waals surface area contributed by atoms with Gasteiger partial charge in [0.2, 0.25) is 5.91 Å². The number of amides is 1. The van der Waals surface area contributed by atoms with Crippen LogP contribution >= 0.6 is 0 Å². The maximum Gasteiger partial charge on any atom is 0.239 e. The van der Waals surface area contributed by atoms with Crippen molar-refractivity contribution >= 4 is 11.6 Å². The van der Waals surface area contributed by atoms with Crippen LogP contribution < -0.4 is 15.4 Å². The molecule has 0 heterocycles. The second-order valence-corrected chi connectivity index (χ2v) is 5.71. The summed E-state index contributed by atoms with van der Waals surface area (Å²) >= 11 is 0. The van der Waals surface area contributed by atoms with E-state index in [2.05, 4.69) is 17.6 Å². The first-order valence-corrected chi connectivity index (χ1v) is 8.55. The molecule has 0 saturated heterocycles. The smallest absolute Gasteiger partial charge is 0.239 e. The largest absolute Gasteiger partial charge is 0.489 e. The molecule has 0 spiro atoms. The van der Waals surface area contributed by atoms with Gasteiger partial charge in [-0.3, -0.25) is 4.79 Å². The number of anilines is 1. The van der Waals surface area contributed by atoms with Crippen LogP contribution in [-0.4, -0.2) is 19.0 Å². The average molecular weight is 326 g/mol. The van der Waals surface area contributed by atoms with E-state index >= 15 is 0 Å². The zero-order valence-electron chi connectivity index (χ0n) is 14.3. The summed E-state index contributed by atoms with van der Waals surface area (Å²) in [5.74, 6) is 0.837. The minimum Gasteiger partial charge on any atom is -0.489 e. The molecule has 4 heteroatoms. The first-order chi connectivity index (χ1) is 11.8. The van der Waals surface area contributed by atoms with Crippen molar-refractivity contribution in [3.63, 3.8) is 0 Å². The van der Waals surface area contributed by atoms with Gasteiger partial charge >= 0.3 is 0 Å². The van der Waals surface area contributed by atoms with Gasteiger partial charge in [0, 0.05) is 12.2 Å². The quantitative estimate of drug-likeness (QED) is 0.649. The van der Waals surface area contributed by atoms with Crippen LogP contribution in [0.15, 0.2) is 54.6 Å². The molecule has 0 aliphatic rings. The van der Waals surface area contributed by atoms with Crippen molar-refractivity contribution in [2.24, 2.45) is 0 Å². The van der Waals surface area contributed by atoms with Gasteiger partial charge in [0.15, 0.2) is 0 Å².